The molecule has 136 valence electrons. The van der Waals surface area contributed by atoms with E-state index in [2.05, 4.69) is 10.1 Å². The summed E-state index contributed by atoms with van der Waals surface area (Å²) < 4.78 is 4.69. The largest absolute Gasteiger partial charge is 0.465 e. The maximum absolute atomic E-state index is 12.5. The molecule has 0 spiro atoms. The fraction of sp³-hybridized carbons (Fsp3) is 0.300. The molecule has 0 atom stereocenters. The number of urea groups is 1. The Kier molecular flexibility index (Phi) is 5.23. The van der Waals surface area contributed by atoms with Gasteiger partial charge in [0, 0.05) is 18.8 Å². The molecule has 0 bridgehead atoms. The predicted molar refractivity (Wildman–Crippen MR) is 97.9 cm³/mol. The summed E-state index contributed by atoms with van der Waals surface area (Å²) in [7, 11) is 1.31. The molecule has 1 heterocycles. The number of nitrogens with one attached hydrogen (secondary N) is 1. The van der Waals surface area contributed by atoms with E-state index in [9.17, 15) is 14.7 Å². The standard InChI is InChI=1S/C20H22N2O4/c1-26-18(23)15-6-5-9-17(14-15)21-19(24)22-12-10-20(25,11-13-22)16-7-3-2-4-8-16/h2-9,14,25H,10-13H2,1H3,(H,21,24). The first-order valence-electron chi connectivity index (χ1n) is 8.54. The van der Waals surface area contributed by atoms with E-state index in [4.69, 9.17) is 0 Å². The van der Waals surface area contributed by atoms with Gasteiger partial charge in [0.05, 0.1) is 18.3 Å². The third-order valence-corrected chi connectivity index (χ3v) is 4.72. The first-order chi connectivity index (χ1) is 12.5. The highest BCUT2D eigenvalue weighted by Gasteiger charge is 2.35. The third-order valence-electron chi connectivity index (χ3n) is 4.72. The smallest absolute Gasteiger partial charge is 0.337 e. The van der Waals surface area contributed by atoms with Gasteiger partial charge in [-0.15, -0.1) is 0 Å². The lowest BCUT2D eigenvalue weighted by molar-refractivity contribution is -0.0157. The summed E-state index contributed by atoms with van der Waals surface area (Å²) in [5.41, 5.74) is 0.887. The summed E-state index contributed by atoms with van der Waals surface area (Å²) in [6.07, 6.45) is 0.958. The molecule has 2 amide bonds. The predicted octanol–water partition coefficient (Wildman–Crippen LogP) is 2.99. The van der Waals surface area contributed by atoms with Gasteiger partial charge >= 0.3 is 12.0 Å². The van der Waals surface area contributed by atoms with E-state index >= 15 is 0 Å². The highest BCUT2D eigenvalue weighted by atomic mass is 16.5. The van der Waals surface area contributed by atoms with Gasteiger partial charge in [0.15, 0.2) is 0 Å². The average molecular weight is 354 g/mol. The van der Waals surface area contributed by atoms with Gasteiger partial charge in [-0.1, -0.05) is 36.4 Å². The van der Waals surface area contributed by atoms with Gasteiger partial charge in [-0.25, -0.2) is 9.59 Å². The lowest BCUT2D eigenvalue weighted by atomic mass is 9.84. The zero-order valence-electron chi connectivity index (χ0n) is 14.6. The minimum absolute atomic E-state index is 0.248. The second kappa shape index (κ2) is 7.58. The van der Waals surface area contributed by atoms with Crippen molar-refractivity contribution in [1.82, 2.24) is 4.90 Å². The summed E-state index contributed by atoms with van der Waals surface area (Å²) in [6, 6.07) is 15.9. The molecule has 1 aliphatic rings. The van der Waals surface area contributed by atoms with E-state index in [0.717, 1.165) is 5.56 Å². The number of piperidine rings is 1. The van der Waals surface area contributed by atoms with E-state index in [1.54, 1.807) is 29.2 Å². The fourth-order valence-corrected chi connectivity index (χ4v) is 3.16. The van der Waals surface area contributed by atoms with Crippen LogP contribution >= 0.6 is 0 Å². The third kappa shape index (κ3) is 3.86. The quantitative estimate of drug-likeness (QED) is 0.831. The zero-order valence-corrected chi connectivity index (χ0v) is 14.6. The average Bonchev–Trinajstić information content (AvgIpc) is 2.68. The van der Waals surface area contributed by atoms with Crippen LogP contribution in [0.15, 0.2) is 54.6 Å². The Morgan fingerprint density at radius 1 is 1.08 bits per heavy atom. The van der Waals surface area contributed by atoms with Crippen molar-refractivity contribution in [2.75, 3.05) is 25.5 Å². The number of carbonyl (C=O) groups excluding carboxylic acids is 2. The van der Waals surface area contributed by atoms with E-state index in [0.29, 0.717) is 37.2 Å². The van der Waals surface area contributed by atoms with Crippen molar-refractivity contribution in [3.8, 4) is 0 Å². The SMILES string of the molecule is COC(=O)c1cccc(NC(=O)N2CCC(O)(c3ccccc3)CC2)c1. The second-order valence-electron chi connectivity index (χ2n) is 6.39. The van der Waals surface area contributed by atoms with Crippen molar-refractivity contribution in [1.29, 1.82) is 0 Å². The summed E-state index contributed by atoms with van der Waals surface area (Å²) in [4.78, 5) is 25.7. The highest BCUT2D eigenvalue weighted by Crippen LogP contribution is 2.32. The van der Waals surface area contributed by atoms with Crippen molar-refractivity contribution < 1.29 is 19.4 Å². The van der Waals surface area contributed by atoms with Crippen molar-refractivity contribution in [2.24, 2.45) is 0 Å². The summed E-state index contributed by atoms with van der Waals surface area (Å²) in [5.74, 6) is -0.452. The Labute approximate surface area is 152 Å². The number of anilines is 1. The van der Waals surface area contributed by atoms with E-state index in [1.807, 2.05) is 30.3 Å². The Balaban J connectivity index is 1.62. The number of likely N-dealkylation sites (tertiary alicyclic amines) is 1. The molecule has 2 aromatic carbocycles. The van der Waals surface area contributed by atoms with Crippen LogP contribution in [0.25, 0.3) is 0 Å². The van der Waals surface area contributed by atoms with Crippen LogP contribution in [0.3, 0.4) is 0 Å². The van der Waals surface area contributed by atoms with E-state index in [1.165, 1.54) is 7.11 Å². The number of esters is 1. The number of benzene rings is 2. The van der Waals surface area contributed by atoms with Crippen LogP contribution in [-0.2, 0) is 10.3 Å². The van der Waals surface area contributed by atoms with Gasteiger partial charge < -0.3 is 20.1 Å². The molecule has 3 rings (SSSR count). The van der Waals surface area contributed by atoms with Crippen molar-refractivity contribution in [3.63, 3.8) is 0 Å². The monoisotopic (exact) mass is 354 g/mol. The number of rotatable bonds is 3. The van der Waals surface area contributed by atoms with Crippen LogP contribution in [0.4, 0.5) is 10.5 Å². The molecule has 1 saturated heterocycles. The van der Waals surface area contributed by atoms with Gasteiger partial charge in [0.25, 0.3) is 0 Å². The molecule has 0 aliphatic carbocycles. The van der Waals surface area contributed by atoms with Crippen LogP contribution in [0, 0.1) is 0 Å². The summed E-state index contributed by atoms with van der Waals surface area (Å²) in [6.45, 7) is 0.905. The second-order valence-corrected chi connectivity index (χ2v) is 6.39. The molecular weight excluding hydrogens is 332 g/mol. The number of carbonyl (C=O) groups is 2. The minimum Gasteiger partial charge on any atom is -0.465 e. The fourth-order valence-electron chi connectivity index (χ4n) is 3.16. The van der Waals surface area contributed by atoms with Gasteiger partial charge in [-0.2, -0.15) is 0 Å². The number of aliphatic hydroxyl groups is 1. The van der Waals surface area contributed by atoms with Crippen LogP contribution in [0.2, 0.25) is 0 Å². The summed E-state index contributed by atoms with van der Waals surface area (Å²) in [5, 5.41) is 13.6. The molecule has 6 heteroatoms. The molecule has 6 nitrogen and oxygen atoms in total. The van der Waals surface area contributed by atoms with Crippen molar-refractivity contribution >= 4 is 17.7 Å². The van der Waals surface area contributed by atoms with Gasteiger partial charge in [0.2, 0.25) is 0 Å². The lowest BCUT2D eigenvalue weighted by Gasteiger charge is -2.38. The number of ether oxygens (including phenoxy) is 1. The van der Waals surface area contributed by atoms with E-state index in [-0.39, 0.29) is 6.03 Å². The molecular formula is C20H22N2O4. The van der Waals surface area contributed by atoms with Gasteiger partial charge in [-0.05, 0) is 36.6 Å². The number of hydrogen-bond acceptors (Lipinski definition) is 4. The molecule has 2 aromatic rings. The topological polar surface area (TPSA) is 78.9 Å². The molecule has 0 unspecified atom stereocenters. The highest BCUT2D eigenvalue weighted by molar-refractivity contribution is 5.93. The minimum atomic E-state index is -0.900. The first kappa shape index (κ1) is 17.9. The maximum atomic E-state index is 12.5. The first-order valence-corrected chi connectivity index (χ1v) is 8.54. The van der Waals surface area contributed by atoms with Crippen LogP contribution in [0.1, 0.15) is 28.8 Å². The van der Waals surface area contributed by atoms with Crippen molar-refractivity contribution in [3.05, 3.63) is 65.7 Å². The zero-order chi connectivity index (χ0) is 18.6. The molecule has 1 aliphatic heterocycles. The number of hydrogen-bond donors (Lipinski definition) is 2. The normalized spacial score (nSPS) is 16.0. The Hall–Kier alpha value is -2.86. The molecule has 1 fully saturated rings. The Bertz CT molecular complexity index is 783. The lowest BCUT2D eigenvalue weighted by Crippen LogP contribution is -2.46. The van der Waals surface area contributed by atoms with Gasteiger partial charge in [-0.3, -0.25) is 0 Å². The Morgan fingerprint density at radius 2 is 1.77 bits per heavy atom. The molecule has 0 radical (unpaired) electrons. The maximum Gasteiger partial charge on any atom is 0.337 e. The molecule has 0 saturated carbocycles. The van der Waals surface area contributed by atoms with Crippen LogP contribution in [-0.4, -0.2) is 42.2 Å². The molecule has 0 aromatic heterocycles. The molecule has 2 N–H and O–H groups in total. The van der Waals surface area contributed by atoms with Crippen LogP contribution in [0.5, 0.6) is 0 Å². The Morgan fingerprint density at radius 3 is 2.42 bits per heavy atom. The number of nitrogens with zero attached hydrogens (tertiary/aromatic N) is 1. The van der Waals surface area contributed by atoms with E-state index < -0.39 is 11.6 Å². The van der Waals surface area contributed by atoms with Crippen molar-refractivity contribution in [2.45, 2.75) is 18.4 Å². The van der Waals surface area contributed by atoms with Crippen LogP contribution < -0.4 is 5.32 Å². The summed E-state index contributed by atoms with van der Waals surface area (Å²) >= 11 is 0. The number of methoxy groups -OCH3 is 1. The molecule has 26 heavy (non-hydrogen) atoms. The number of amides is 2. The van der Waals surface area contributed by atoms with Gasteiger partial charge in [0.1, 0.15) is 0 Å².